The number of halogens is 1. The highest BCUT2D eigenvalue weighted by Gasteiger charge is 2.10. The number of carbonyl (C=O) groups is 2. The SMILES string of the molecule is CC(=O)Nc1ccc(SCC(=O)NC(C)c2ccc(Cl)cc2)cc1. The molecular weight excluding hydrogens is 344 g/mol. The second kappa shape index (κ2) is 8.76. The number of anilines is 1. The van der Waals surface area contributed by atoms with Gasteiger partial charge in [0.2, 0.25) is 11.8 Å². The van der Waals surface area contributed by atoms with Crippen molar-refractivity contribution in [2.24, 2.45) is 0 Å². The second-order valence-corrected chi connectivity index (χ2v) is 6.82. The molecular formula is C18H19ClN2O2S. The molecule has 1 atom stereocenters. The zero-order valence-electron chi connectivity index (χ0n) is 13.5. The van der Waals surface area contributed by atoms with Gasteiger partial charge in [-0.1, -0.05) is 23.7 Å². The Morgan fingerprint density at radius 2 is 1.71 bits per heavy atom. The van der Waals surface area contributed by atoms with Crippen LogP contribution in [-0.2, 0) is 9.59 Å². The van der Waals surface area contributed by atoms with E-state index in [1.807, 2.05) is 55.5 Å². The molecule has 0 spiro atoms. The maximum atomic E-state index is 12.1. The van der Waals surface area contributed by atoms with Gasteiger partial charge in [-0.05, 0) is 48.9 Å². The third kappa shape index (κ3) is 5.91. The molecule has 0 heterocycles. The number of carbonyl (C=O) groups excluding carboxylic acids is 2. The number of hydrogen-bond donors (Lipinski definition) is 2. The van der Waals surface area contributed by atoms with Gasteiger partial charge in [0.25, 0.3) is 0 Å². The summed E-state index contributed by atoms with van der Waals surface area (Å²) in [5.41, 5.74) is 1.75. The molecule has 0 saturated heterocycles. The average molecular weight is 363 g/mol. The Balaban J connectivity index is 1.82. The fraction of sp³-hybridized carbons (Fsp3) is 0.222. The van der Waals surface area contributed by atoms with Gasteiger partial charge in [0.1, 0.15) is 0 Å². The number of benzene rings is 2. The van der Waals surface area contributed by atoms with E-state index in [1.165, 1.54) is 18.7 Å². The summed E-state index contributed by atoms with van der Waals surface area (Å²) in [6.45, 7) is 3.41. The predicted octanol–water partition coefficient (Wildman–Crippen LogP) is 4.27. The Labute approximate surface area is 151 Å². The van der Waals surface area contributed by atoms with Crippen molar-refractivity contribution in [1.82, 2.24) is 5.32 Å². The molecule has 0 aliphatic heterocycles. The van der Waals surface area contributed by atoms with Gasteiger partial charge in [0, 0.05) is 22.5 Å². The van der Waals surface area contributed by atoms with Crippen LogP contribution in [0.4, 0.5) is 5.69 Å². The number of amides is 2. The zero-order valence-corrected chi connectivity index (χ0v) is 15.1. The highest BCUT2D eigenvalue weighted by Crippen LogP contribution is 2.21. The summed E-state index contributed by atoms with van der Waals surface area (Å²) >= 11 is 7.31. The molecule has 0 aliphatic rings. The maximum absolute atomic E-state index is 12.1. The number of hydrogen-bond acceptors (Lipinski definition) is 3. The van der Waals surface area contributed by atoms with Crippen LogP contribution in [0.15, 0.2) is 53.4 Å². The molecule has 6 heteroatoms. The highest BCUT2D eigenvalue weighted by molar-refractivity contribution is 8.00. The summed E-state index contributed by atoms with van der Waals surface area (Å²) in [5.74, 6) is 0.191. The van der Waals surface area contributed by atoms with Gasteiger partial charge in [-0.3, -0.25) is 9.59 Å². The summed E-state index contributed by atoms with van der Waals surface area (Å²) in [6.07, 6.45) is 0. The van der Waals surface area contributed by atoms with Crippen molar-refractivity contribution in [1.29, 1.82) is 0 Å². The Morgan fingerprint density at radius 3 is 2.29 bits per heavy atom. The van der Waals surface area contributed by atoms with Gasteiger partial charge in [0.05, 0.1) is 11.8 Å². The van der Waals surface area contributed by atoms with Crippen LogP contribution < -0.4 is 10.6 Å². The van der Waals surface area contributed by atoms with E-state index < -0.39 is 0 Å². The van der Waals surface area contributed by atoms with Crippen molar-refractivity contribution < 1.29 is 9.59 Å². The first-order valence-electron chi connectivity index (χ1n) is 7.49. The molecule has 24 heavy (non-hydrogen) atoms. The van der Waals surface area contributed by atoms with Crippen LogP contribution in [0, 0.1) is 0 Å². The minimum atomic E-state index is -0.106. The molecule has 2 N–H and O–H groups in total. The third-order valence-electron chi connectivity index (χ3n) is 3.29. The van der Waals surface area contributed by atoms with Crippen LogP contribution in [0.1, 0.15) is 25.5 Å². The molecule has 0 bridgehead atoms. The lowest BCUT2D eigenvalue weighted by Crippen LogP contribution is -2.28. The molecule has 2 rings (SSSR count). The van der Waals surface area contributed by atoms with E-state index in [0.29, 0.717) is 10.8 Å². The van der Waals surface area contributed by atoms with E-state index in [1.54, 1.807) is 0 Å². The van der Waals surface area contributed by atoms with E-state index in [-0.39, 0.29) is 17.9 Å². The minimum absolute atomic E-state index is 0.0339. The normalized spacial score (nSPS) is 11.6. The van der Waals surface area contributed by atoms with E-state index in [4.69, 9.17) is 11.6 Å². The maximum Gasteiger partial charge on any atom is 0.230 e. The van der Waals surface area contributed by atoms with Gasteiger partial charge >= 0.3 is 0 Å². The van der Waals surface area contributed by atoms with Crippen molar-refractivity contribution in [3.63, 3.8) is 0 Å². The summed E-state index contributed by atoms with van der Waals surface area (Å²) in [6, 6.07) is 14.8. The third-order valence-corrected chi connectivity index (χ3v) is 4.56. The molecule has 0 aromatic heterocycles. The van der Waals surface area contributed by atoms with Crippen molar-refractivity contribution >= 4 is 40.9 Å². The molecule has 2 aromatic rings. The van der Waals surface area contributed by atoms with E-state index >= 15 is 0 Å². The van der Waals surface area contributed by atoms with E-state index in [0.717, 1.165) is 16.1 Å². The Bertz CT molecular complexity index is 702. The number of thioether (sulfide) groups is 1. The molecule has 126 valence electrons. The monoisotopic (exact) mass is 362 g/mol. The van der Waals surface area contributed by atoms with Gasteiger partial charge in [-0.2, -0.15) is 0 Å². The predicted molar refractivity (Wildman–Crippen MR) is 99.5 cm³/mol. The molecule has 4 nitrogen and oxygen atoms in total. The first-order chi connectivity index (χ1) is 11.4. The number of rotatable bonds is 6. The fourth-order valence-electron chi connectivity index (χ4n) is 2.10. The summed E-state index contributed by atoms with van der Waals surface area (Å²) in [5, 5.41) is 6.35. The molecule has 0 aliphatic carbocycles. The fourth-order valence-corrected chi connectivity index (χ4v) is 2.94. The summed E-state index contributed by atoms with van der Waals surface area (Å²) < 4.78 is 0. The van der Waals surface area contributed by atoms with E-state index in [9.17, 15) is 9.59 Å². The summed E-state index contributed by atoms with van der Waals surface area (Å²) in [4.78, 5) is 24.0. The minimum Gasteiger partial charge on any atom is -0.349 e. The lowest BCUT2D eigenvalue weighted by atomic mass is 10.1. The van der Waals surface area contributed by atoms with Crippen molar-refractivity contribution in [3.8, 4) is 0 Å². The van der Waals surface area contributed by atoms with Crippen LogP contribution >= 0.6 is 23.4 Å². The first kappa shape index (κ1) is 18.4. The highest BCUT2D eigenvalue weighted by atomic mass is 35.5. The van der Waals surface area contributed by atoms with E-state index in [2.05, 4.69) is 10.6 Å². The van der Waals surface area contributed by atoms with Crippen LogP contribution in [0.3, 0.4) is 0 Å². The van der Waals surface area contributed by atoms with Crippen molar-refractivity contribution in [2.75, 3.05) is 11.1 Å². The Morgan fingerprint density at radius 1 is 1.08 bits per heavy atom. The largest absolute Gasteiger partial charge is 0.349 e. The lowest BCUT2D eigenvalue weighted by molar-refractivity contribution is -0.119. The van der Waals surface area contributed by atoms with Crippen molar-refractivity contribution in [3.05, 3.63) is 59.1 Å². The average Bonchev–Trinajstić information content (AvgIpc) is 2.54. The van der Waals surface area contributed by atoms with Crippen LogP contribution in [0.2, 0.25) is 5.02 Å². The zero-order chi connectivity index (χ0) is 17.5. The molecule has 2 amide bonds. The first-order valence-corrected chi connectivity index (χ1v) is 8.85. The molecule has 0 saturated carbocycles. The molecule has 2 aromatic carbocycles. The second-order valence-electron chi connectivity index (χ2n) is 5.33. The van der Waals surface area contributed by atoms with Gasteiger partial charge in [-0.25, -0.2) is 0 Å². The molecule has 0 fully saturated rings. The van der Waals surface area contributed by atoms with Crippen LogP contribution in [0.5, 0.6) is 0 Å². The van der Waals surface area contributed by atoms with Gasteiger partial charge in [-0.15, -0.1) is 11.8 Å². The summed E-state index contributed by atoms with van der Waals surface area (Å²) in [7, 11) is 0. The number of nitrogens with one attached hydrogen (secondary N) is 2. The van der Waals surface area contributed by atoms with Crippen LogP contribution in [0.25, 0.3) is 0 Å². The van der Waals surface area contributed by atoms with Gasteiger partial charge in [0.15, 0.2) is 0 Å². The standard InChI is InChI=1S/C18H19ClN2O2S/c1-12(14-3-5-15(19)6-4-14)20-18(23)11-24-17-9-7-16(8-10-17)21-13(2)22/h3-10,12H,11H2,1-2H3,(H,20,23)(H,21,22). The smallest absolute Gasteiger partial charge is 0.230 e. The topological polar surface area (TPSA) is 58.2 Å². The molecule has 0 radical (unpaired) electrons. The van der Waals surface area contributed by atoms with Crippen LogP contribution in [-0.4, -0.2) is 17.6 Å². The molecule has 1 unspecified atom stereocenters. The Kier molecular flexibility index (Phi) is 6.70. The van der Waals surface area contributed by atoms with Gasteiger partial charge < -0.3 is 10.6 Å². The lowest BCUT2D eigenvalue weighted by Gasteiger charge is -2.14. The Hall–Kier alpha value is -1.98. The van der Waals surface area contributed by atoms with Crippen molar-refractivity contribution in [2.45, 2.75) is 24.8 Å². The quantitative estimate of drug-likeness (QED) is 0.754.